The molecule has 154 valence electrons. The van der Waals surface area contributed by atoms with Gasteiger partial charge in [-0.1, -0.05) is 96.8 Å². The van der Waals surface area contributed by atoms with Gasteiger partial charge < -0.3 is 5.11 Å². The van der Waals surface area contributed by atoms with E-state index in [9.17, 15) is 4.79 Å². The summed E-state index contributed by atoms with van der Waals surface area (Å²) >= 11 is -3.13. The van der Waals surface area contributed by atoms with Crippen molar-refractivity contribution in [3.05, 3.63) is 0 Å². The number of unbranched alkanes of at least 4 members (excludes halogenated alkanes) is 14. The van der Waals surface area contributed by atoms with E-state index in [1.165, 1.54) is 83.5 Å². The van der Waals surface area contributed by atoms with Gasteiger partial charge in [0.05, 0.1) is 0 Å². The summed E-state index contributed by atoms with van der Waals surface area (Å²) in [5.41, 5.74) is 0. The number of carbonyl (C=O) groups is 1. The average molecular weight is 522 g/mol. The fourth-order valence-corrected chi connectivity index (χ4v) is 2.65. The van der Waals surface area contributed by atoms with Crippen molar-refractivity contribution >= 4 is 43.6 Å². The van der Waals surface area contributed by atoms with Gasteiger partial charge in [0.15, 0.2) is 0 Å². The van der Waals surface area contributed by atoms with Gasteiger partial charge in [-0.2, -0.15) is 0 Å². The second-order valence-corrected chi connectivity index (χ2v) is 24.7. The van der Waals surface area contributed by atoms with Crippen LogP contribution < -0.4 is 0 Å². The number of rotatable bonds is 16. The number of hydrogen-bond acceptors (Lipinski definition) is 1. The summed E-state index contributed by atoms with van der Waals surface area (Å²) in [6.45, 7) is 2.27. The van der Waals surface area contributed by atoms with E-state index in [0.29, 0.717) is 6.42 Å². The summed E-state index contributed by atoms with van der Waals surface area (Å²) in [6, 6.07) is 0. The molecule has 0 aromatic rings. The summed E-state index contributed by atoms with van der Waals surface area (Å²) in [4.78, 5) is 10.3. The maximum atomic E-state index is 10.3. The standard InChI is InChI=1S/C18H36O2.4ClH.Mo/c1-2-3-4-5-6-7-8-9-10-11-12-13-14-15-16-17-18(19)20;;;;;/h2-17H2,1H3,(H,19,20);4*1H;/q;;;;;+4/p-4. The van der Waals surface area contributed by atoms with E-state index >= 15 is 0 Å². The van der Waals surface area contributed by atoms with Crippen molar-refractivity contribution in [2.45, 2.75) is 110 Å². The molecule has 0 aliphatic carbocycles. The number of aliphatic carboxylic acids is 1. The van der Waals surface area contributed by atoms with Crippen LogP contribution in [0.1, 0.15) is 110 Å². The van der Waals surface area contributed by atoms with Gasteiger partial charge in [0.2, 0.25) is 0 Å². The molecule has 0 aliphatic rings. The first kappa shape index (κ1) is 28.5. The first-order chi connectivity index (χ1) is 11.8. The third kappa shape index (κ3) is 41.0. The van der Waals surface area contributed by atoms with Crippen LogP contribution in [0.5, 0.6) is 0 Å². The Morgan fingerprint density at radius 2 is 0.880 bits per heavy atom. The zero-order chi connectivity index (χ0) is 19.4. The summed E-state index contributed by atoms with van der Waals surface area (Å²) in [5, 5.41) is 8.52. The SMILES string of the molecule is CCCCCCCCCCCCCCCCCC(=O)O.[Cl][Mo]([Cl])([Cl])[Cl]. The summed E-state index contributed by atoms with van der Waals surface area (Å²) in [6.07, 6.45) is 20.2. The molecule has 0 bridgehead atoms. The van der Waals surface area contributed by atoms with E-state index in [0.717, 1.165) is 12.8 Å². The van der Waals surface area contributed by atoms with Crippen LogP contribution in [-0.4, -0.2) is 11.1 Å². The molecule has 0 radical (unpaired) electrons. The summed E-state index contributed by atoms with van der Waals surface area (Å²) < 4.78 is 0. The Labute approximate surface area is 174 Å². The molecule has 0 atom stereocenters. The number of halogens is 4. The Hall–Kier alpha value is 1.32. The number of carboxylic acid groups (broad SMARTS) is 1. The van der Waals surface area contributed by atoms with E-state index in [2.05, 4.69) is 6.92 Å². The fraction of sp³-hybridized carbons (Fsp3) is 0.944. The molecule has 0 rings (SSSR count). The normalized spacial score (nSPS) is 11.7. The van der Waals surface area contributed by atoms with Crippen molar-refractivity contribution in [1.29, 1.82) is 0 Å². The van der Waals surface area contributed by atoms with E-state index in [4.69, 9.17) is 42.8 Å². The molecule has 0 aliphatic heterocycles. The predicted molar refractivity (Wildman–Crippen MR) is 111 cm³/mol. The van der Waals surface area contributed by atoms with Crippen LogP contribution in [0.3, 0.4) is 0 Å². The van der Waals surface area contributed by atoms with Crippen molar-refractivity contribution in [2.24, 2.45) is 0 Å². The fourth-order valence-electron chi connectivity index (χ4n) is 2.65. The van der Waals surface area contributed by atoms with Gasteiger partial charge in [-0.15, -0.1) is 0 Å². The Bertz CT molecular complexity index is 281. The van der Waals surface area contributed by atoms with Crippen LogP contribution in [-0.2, 0) is 16.7 Å². The number of carboxylic acids is 1. The molecule has 0 amide bonds. The van der Waals surface area contributed by atoms with Crippen LogP contribution in [0.4, 0.5) is 0 Å². The molecule has 0 fully saturated rings. The molecule has 7 heteroatoms. The van der Waals surface area contributed by atoms with Crippen molar-refractivity contribution in [3.8, 4) is 0 Å². The van der Waals surface area contributed by atoms with Gasteiger partial charge in [-0.25, -0.2) is 0 Å². The van der Waals surface area contributed by atoms with Crippen LogP contribution >= 0.6 is 37.7 Å². The Balaban J connectivity index is 0. The zero-order valence-corrected chi connectivity index (χ0v) is 20.6. The van der Waals surface area contributed by atoms with E-state index in [-0.39, 0.29) is 0 Å². The Morgan fingerprint density at radius 3 is 1.12 bits per heavy atom. The molecule has 0 unspecified atom stereocenters. The molecule has 0 saturated carbocycles. The first-order valence-corrected chi connectivity index (χ1v) is 19.9. The monoisotopic (exact) mass is 522 g/mol. The van der Waals surface area contributed by atoms with Gasteiger partial charge >= 0.3 is 55.5 Å². The van der Waals surface area contributed by atoms with Crippen LogP contribution in [0.25, 0.3) is 0 Å². The third-order valence-corrected chi connectivity index (χ3v) is 3.99. The second kappa shape index (κ2) is 21.6. The second-order valence-electron chi connectivity index (χ2n) is 6.44. The molecule has 0 heterocycles. The quantitative estimate of drug-likeness (QED) is 0.162. The molecule has 2 nitrogen and oxygen atoms in total. The molecular formula is C18H36Cl4MoO2. The minimum absolute atomic E-state index is 0.345. The first-order valence-electron chi connectivity index (χ1n) is 9.61. The molecular weight excluding hydrogens is 486 g/mol. The van der Waals surface area contributed by atoms with Gasteiger partial charge in [-0.3, -0.25) is 4.79 Å². The molecule has 0 aromatic heterocycles. The van der Waals surface area contributed by atoms with Crippen LogP contribution in [0, 0.1) is 0 Å². The van der Waals surface area contributed by atoms with E-state index < -0.39 is 17.9 Å². The molecule has 25 heavy (non-hydrogen) atoms. The van der Waals surface area contributed by atoms with Crippen LogP contribution in [0.2, 0.25) is 0 Å². The van der Waals surface area contributed by atoms with Crippen molar-refractivity contribution < 1.29 is 21.8 Å². The van der Waals surface area contributed by atoms with Crippen molar-refractivity contribution in [2.75, 3.05) is 0 Å². The minimum atomic E-state index is -3.13. The van der Waals surface area contributed by atoms with Gasteiger partial charge in [-0.05, 0) is 6.42 Å². The molecule has 0 saturated heterocycles. The summed E-state index contributed by atoms with van der Waals surface area (Å²) in [7, 11) is 20.1. The van der Waals surface area contributed by atoms with Crippen LogP contribution in [0.15, 0.2) is 0 Å². The molecule has 1 N–H and O–H groups in total. The van der Waals surface area contributed by atoms with E-state index in [1.54, 1.807) is 0 Å². The zero-order valence-electron chi connectivity index (χ0n) is 15.6. The summed E-state index contributed by atoms with van der Waals surface area (Å²) in [5.74, 6) is -0.653. The van der Waals surface area contributed by atoms with Crippen molar-refractivity contribution in [1.82, 2.24) is 0 Å². The van der Waals surface area contributed by atoms with Crippen molar-refractivity contribution in [3.63, 3.8) is 0 Å². The van der Waals surface area contributed by atoms with E-state index in [1.807, 2.05) is 0 Å². The average Bonchev–Trinajstić information content (AvgIpc) is 2.49. The molecule has 0 spiro atoms. The van der Waals surface area contributed by atoms with Gasteiger partial charge in [0, 0.05) is 6.42 Å². The topological polar surface area (TPSA) is 37.3 Å². The van der Waals surface area contributed by atoms with Gasteiger partial charge in [0.25, 0.3) is 0 Å². The Morgan fingerprint density at radius 1 is 0.640 bits per heavy atom. The Kier molecular flexibility index (Phi) is 24.7. The van der Waals surface area contributed by atoms with Gasteiger partial charge in [0.1, 0.15) is 0 Å². The maximum absolute atomic E-state index is 10.3. The third-order valence-electron chi connectivity index (χ3n) is 3.99. The molecule has 0 aromatic carbocycles. The predicted octanol–water partition coefficient (Wildman–Crippen LogP) is 9.09. The number of hydrogen-bond donors (Lipinski definition) is 1.